The third-order valence-electron chi connectivity index (χ3n) is 4.10. The average Bonchev–Trinajstić information content (AvgIpc) is 2.58. The molecule has 0 aliphatic heterocycles. The molecule has 6 nitrogen and oxygen atoms in total. The maximum Gasteiger partial charge on any atom is 0.262 e. The van der Waals surface area contributed by atoms with Crippen LogP contribution in [0.5, 0.6) is 0 Å². The number of fused-ring (bicyclic) bond motifs is 1. The van der Waals surface area contributed by atoms with Crippen LogP contribution in [0.15, 0.2) is 34.2 Å². The first-order chi connectivity index (χ1) is 11.7. The molecular formula is C18H22N4O2S. The van der Waals surface area contributed by atoms with Gasteiger partial charge in [0.2, 0.25) is 5.91 Å². The molecule has 0 bridgehead atoms. The molecule has 132 valence electrons. The van der Waals surface area contributed by atoms with Gasteiger partial charge in [-0.3, -0.25) is 14.2 Å². The van der Waals surface area contributed by atoms with Crippen LogP contribution in [0.1, 0.15) is 33.7 Å². The molecule has 25 heavy (non-hydrogen) atoms. The van der Waals surface area contributed by atoms with E-state index in [4.69, 9.17) is 5.26 Å². The zero-order valence-electron chi connectivity index (χ0n) is 15.1. The lowest BCUT2D eigenvalue weighted by atomic mass is 10.1. The highest BCUT2D eigenvalue weighted by atomic mass is 32.2. The van der Waals surface area contributed by atoms with Crippen LogP contribution >= 0.6 is 11.8 Å². The maximum atomic E-state index is 12.7. The van der Waals surface area contributed by atoms with Gasteiger partial charge >= 0.3 is 0 Å². The van der Waals surface area contributed by atoms with Crippen LogP contribution in [0, 0.1) is 11.3 Å². The molecule has 0 aliphatic rings. The van der Waals surface area contributed by atoms with Crippen molar-refractivity contribution in [3.05, 3.63) is 34.6 Å². The molecule has 0 N–H and O–H groups in total. The summed E-state index contributed by atoms with van der Waals surface area (Å²) < 4.78 is 1.61. The number of nitrogens with zero attached hydrogens (tertiary/aromatic N) is 4. The van der Waals surface area contributed by atoms with E-state index in [1.807, 2.05) is 26.0 Å². The standard InChI is InChI=1S/C18H22N4O2S/c1-12(2)22-16(24)13-8-6-7-9-14(13)20-17(22)25-10-15(23)21(5)18(3,4)11-19/h6-9,12H,10H2,1-5H3. The van der Waals surface area contributed by atoms with E-state index in [2.05, 4.69) is 11.1 Å². The number of nitriles is 1. The molecule has 0 spiro atoms. The van der Waals surface area contributed by atoms with E-state index >= 15 is 0 Å². The minimum absolute atomic E-state index is 0.0736. The van der Waals surface area contributed by atoms with Gasteiger partial charge in [-0.1, -0.05) is 23.9 Å². The van der Waals surface area contributed by atoms with E-state index in [0.29, 0.717) is 16.1 Å². The van der Waals surface area contributed by atoms with Gasteiger partial charge < -0.3 is 4.90 Å². The number of thioether (sulfide) groups is 1. The van der Waals surface area contributed by atoms with Crippen molar-refractivity contribution in [3.63, 3.8) is 0 Å². The predicted octanol–water partition coefficient (Wildman–Crippen LogP) is 2.83. The summed E-state index contributed by atoms with van der Waals surface area (Å²) in [7, 11) is 1.61. The molecule has 0 aliphatic carbocycles. The first-order valence-electron chi connectivity index (χ1n) is 8.01. The molecule has 2 aromatic rings. The second-order valence-corrected chi connectivity index (χ2v) is 7.54. The summed E-state index contributed by atoms with van der Waals surface area (Å²) in [5.41, 5.74) is -0.377. The van der Waals surface area contributed by atoms with Crippen LogP contribution in [0.4, 0.5) is 0 Å². The van der Waals surface area contributed by atoms with Gasteiger partial charge in [0.15, 0.2) is 5.16 Å². The van der Waals surface area contributed by atoms with Crippen LogP contribution in [0.3, 0.4) is 0 Å². The Kier molecular flexibility index (Phi) is 5.53. The lowest BCUT2D eigenvalue weighted by Crippen LogP contribution is -2.44. The van der Waals surface area contributed by atoms with Gasteiger partial charge in [0.25, 0.3) is 5.56 Å². The Hall–Kier alpha value is -2.33. The summed E-state index contributed by atoms with van der Waals surface area (Å²) in [6.45, 7) is 7.20. The number of benzene rings is 1. The van der Waals surface area contributed by atoms with Crippen molar-refractivity contribution in [1.82, 2.24) is 14.5 Å². The second kappa shape index (κ2) is 7.28. The Labute approximate surface area is 151 Å². The monoisotopic (exact) mass is 358 g/mol. The second-order valence-electron chi connectivity index (χ2n) is 6.59. The molecule has 7 heteroatoms. The van der Waals surface area contributed by atoms with Crippen LogP contribution in [0.25, 0.3) is 10.9 Å². The highest BCUT2D eigenvalue weighted by molar-refractivity contribution is 7.99. The quantitative estimate of drug-likeness (QED) is 0.606. The Morgan fingerprint density at radius 2 is 2.04 bits per heavy atom. The Morgan fingerprint density at radius 3 is 2.64 bits per heavy atom. The molecule has 1 heterocycles. The van der Waals surface area contributed by atoms with Crippen molar-refractivity contribution in [2.45, 2.75) is 44.4 Å². The molecule has 0 saturated heterocycles. The van der Waals surface area contributed by atoms with Crippen molar-refractivity contribution < 1.29 is 4.79 Å². The van der Waals surface area contributed by atoms with Gasteiger partial charge in [0, 0.05) is 13.1 Å². The van der Waals surface area contributed by atoms with Gasteiger partial charge in [0.05, 0.1) is 22.7 Å². The minimum Gasteiger partial charge on any atom is -0.327 e. The molecule has 2 rings (SSSR count). The molecule has 1 aromatic heterocycles. The summed E-state index contributed by atoms with van der Waals surface area (Å²) >= 11 is 1.22. The van der Waals surface area contributed by atoms with Crippen LogP contribution < -0.4 is 5.56 Å². The number of aromatic nitrogens is 2. The minimum atomic E-state index is -0.883. The summed E-state index contributed by atoms with van der Waals surface area (Å²) in [4.78, 5) is 31.1. The van der Waals surface area contributed by atoms with Crippen molar-refractivity contribution in [1.29, 1.82) is 5.26 Å². The van der Waals surface area contributed by atoms with Crippen LogP contribution in [-0.2, 0) is 4.79 Å². The fourth-order valence-corrected chi connectivity index (χ4v) is 3.33. The van der Waals surface area contributed by atoms with E-state index in [1.54, 1.807) is 37.6 Å². The van der Waals surface area contributed by atoms with E-state index in [0.717, 1.165) is 0 Å². The molecule has 0 unspecified atom stereocenters. The SMILES string of the molecule is CC(C)n1c(SCC(=O)N(C)C(C)(C)C#N)nc2ccccc2c1=O. The van der Waals surface area contributed by atoms with Gasteiger partial charge in [0.1, 0.15) is 5.54 Å². The lowest BCUT2D eigenvalue weighted by Gasteiger charge is -2.29. The maximum absolute atomic E-state index is 12.7. The summed E-state index contributed by atoms with van der Waals surface area (Å²) in [5, 5.41) is 10.2. The predicted molar refractivity (Wildman–Crippen MR) is 99.6 cm³/mol. The zero-order valence-corrected chi connectivity index (χ0v) is 15.9. The van der Waals surface area contributed by atoms with Gasteiger partial charge in [-0.2, -0.15) is 5.26 Å². The van der Waals surface area contributed by atoms with Crippen molar-refractivity contribution in [2.75, 3.05) is 12.8 Å². The Morgan fingerprint density at radius 1 is 1.40 bits per heavy atom. The van der Waals surface area contributed by atoms with E-state index < -0.39 is 5.54 Å². The fourth-order valence-electron chi connectivity index (χ4n) is 2.29. The zero-order chi connectivity index (χ0) is 18.8. The molecule has 1 amide bonds. The normalized spacial score (nSPS) is 11.6. The number of amides is 1. The number of para-hydroxylation sites is 1. The van der Waals surface area contributed by atoms with Crippen LogP contribution in [-0.4, -0.2) is 38.7 Å². The van der Waals surface area contributed by atoms with Gasteiger partial charge in [-0.15, -0.1) is 0 Å². The van der Waals surface area contributed by atoms with E-state index in [9.17, 15) is 9.59 Å². The Bertz CT molecular complexity index is 896. The molecule has 0 fully saturated rings. The number of hydrogen-bond acceptors (Lipinski definition) is 5. The van der Waals surface area contributed by atoms with Crippen molar-refractivity contribution in [3.8, 4) is 6.07 Å². The van der Waals surface area contributed by atoms with Crippen molar-refractivity contribution >= 4 is 28.6 Å². The molecule has 0 saturated carbocycles. The number of rotatable bonds is 5. The highest BCUT2D eigenvalue weighted by Crippen LogP contribution is 2.22. The molecular weight excluding hydrogens is 336 g/mol. The summed E-state index contributed by atoms with van der Waals surface area (Å²) in [5.74, 6) is -0.0756. The summed E-state index contributed by atoms with van der Waals surface area (Å²) in [6.07, 6.45) is 0. The smallest absolute Gasteiger partial charge is 0.262 e. The Balaban J connectivity index is 2.35. The first kappa shape index (κ1) is 19.0. The summed E-state index contributed by atoms with van der Waals surface area (Å²) in [6, 6.07) is 9.22. The number of carbonyl (C=O) groups excluding carboxylic acids is 1. The third kappa shape index (κ3) is 3.85. The average molecular weight is 358 g/mol. The van der Waals surface area contributed by atoms with Gasteiger partial charge in [-0.25, -0.2) is 4.98 Å². The highest BCUT2D eigenvalue weighted by Gasteiger charge is 2.27. The molecule has 0 atom stereocenters. The lowest BCUT2D eigenvalue weighted by molar-refractivity contribution is -0.130. The largest absolute Gasteiger partial charge is 0.327 e. The third-order valence-corrected chi connectivity index (χ3v) is 5.04. The van der Waals surface area contributed by atoms with Crippen LogP contribution in [0.2, 0.25) is 0 Å². The molecule has 1 aromatic carbocycles. The van der Waals surface area contributed by atoms with Gasteiger partial charge in [-0.05, 0) is 39.8 Å². The van der Waals surface area contributed by atoms with E-state index in [-0.39, 0.29) is 23.3 Å². The number of hydrogen-bond donors (Lipinski definition) is 0. The number of carbonyl (C=O) groups is 1. The van der Waals surface area contributed by atoms with Crippen molar-refractivity contribution in [2.24, 2.45) is 0 Å². The molecule has 0 radical (unpaired) electrons. The first-order valence-corrected chi connectivity index (χ1v) is 8.99. The van der Waals surface area contributed by atoms with E-state index in [1.165, 1.54) is 16.7 Å². The fraction of sp³-hybridized carbons (Fsp3) is 0.444. The topological polar surface area (TPSA) is 79.0 Å².